The lowest BCUT2D eigenvalue weighted by Crippen LogP contribution is -2.64. The molecule has 1 aromatic rings. The molecule has 26 heavy (non-hydrogen) atoms. The van der Waals surface area contributed by atoms with Gasteiger partial charge in [-0.3, -0.25) is 4.79 Å². The number of rotatable bonds is 5. The number of hydrogen-bond donors (Lipinski definition) is 1. The van der Waals surface area contributed by atoms with E-state index in [2.05, 4.69) is 22.6 Å². The first-order valence-electron chi connectivity index (χ1n) is 10.2. The third kappa shape index (κ3) is 2.95. The Hall–Kier alpha value is -1.47. The summed E-state index contributed by atoms with van der Waals surface area (Å²) in [5, 5.41) is 11.8. The zero-order valence-electron chi connectivity index (χ0n) is 16.0. The molecule has 7 nitrogen and oxygen atoms in total. The van der Waals surface area contributed by atoms with Crippen LogP contribution in [-0.4, -0.2) is 64.7 Å². The molecule has 1 N–H and O–H groups in total. The number of amides is 1. The third-order valence-electron chi connectivity index (χ3n) is 6.84. The second-order valence-corrected chi connectivity index (χ2v) is 8.12. The van der Waals surface area contributed by atoms with Crippen molar-refractivity contribution < 1.29 is 9.53 Å². The molecule has 0 bridgehead atoms. The van der Waals surface area contributed by atoms with Crippen molar-refractivity contribution in [2.45, 2.75) is 70.1 Å². The molecule has 2 unspecified atom stereocenters. The summed E-state index contributed by atoms with van der Waals surface area (Å²) in [5.74, 6) is -0.00333. The summed E-state index contributed by atoms with van der Waals surface area (Å²) in [6.07, 6.45) is 9.99. The van der Waals surface area contributed by atoms with Crippen LogP contribution >= 0.6 is 0 Å². The quantitative estimate of drug-likeness (QED) is 0.869. The second-order valence-electron chi connectivity index (χ2n) is 8.12. The summed E-state index contributed by atoms with van der Waals surface area (Å²) in [6, 6.07) is 0.612. The molecule has 4 rings (SSSR count). The number of piperidine rings is 1. The standard InChI is InChI=1S/C19H31N5O2/c1-3-26-17-12-16(19(17)8-4-5-9-19)23(2)18(25)15-13-24(22-21-15)14-6-10-20-11-7-14/h13-14,16-17,20H,3-12H2,1-2H3. The summed E-state index contributed by atoms with van der Waals surface area (Å²) >= 11 is 0. The Kier molecular flexibility index (Phi) is 5.01. The first-order valence-corrected chi connectivity index (χ1v) is 10.2. The topological polar surface area (TPSA) is 72.3 Å². The number of ether oxygens (including phenoxy) is 1. The normalized spacial score (nSPS) is 28.2. The van der Waals surface area contributed by atoms with E-state index < -0.39 is 0 Å². The Morgan fingerprint density at radius 1 is 1.38 bits per heavy atom. The largest absolute Gasteiger partial charge is 0.378 e. The van der Waals surface area contributed by atoms with Crippen LogP contribution in [0.3, 0.4) is 0 Å². The second kappa shape index (κ2) is 7.27. The molecule has 2 atom stereocenters. The summed E-state index contributed by atoms with van der Waals surface area (Å²) in [6.45, 7) is 4.81. The van der Waals surface area contributed by atoms with Crippen molar-refractivity contribution in [3.8, 4) is 0 Å². The molecule has 2 heterocycles. The van der Waals surface area contributed by atoms with Crippen molar-refractivity contribution in [1.29, 1.82) is 0 Å². The molecular formula is C19H31N5O2. The monoisotopic (exact) mass is 361 g/mol. The van der Waals surface area contributed by atoms with Crippen LogP contribution in [0.15, 0.2) is 6.20 Å². The highest BCUT2D eigenvalue weighted by molar-refractivity contribution is 5.92. The van der Waals surface area contributed by atoms with Gasteiger partial charge in [0.2, 0.25) is 0 Å². The number of carbonyl (C=O) groups is 1. The Morgan fingerprint density at radius 2 is 2.12 bits per heavy atom. The maximum absolute atomic E-state index is 13.0. The van der Waals surface area contributed by atoms with Gasteiger partial charge in [-0.05, 0) is 52.1 Å². The van der Waals surface area contributed by atoms with E-state index in [0.717, 1.165) is 39.0 Å². The number of nitrogens with zero attached hydrogens (tertiary/aromatic N) is 4. The van der Waals surface area contributed by atoms with Crippen LogP contribution in [0.1, 0.15) is 68.4 Å². The van der Waals surface area contributed by atoms with Crippen LogP contribution in [0.4, 0.5) is 0 Å². The Labute approximate surface area is 155 Å². The molecule has 2 saturated carbocycles. The van der Waals surface area contributed by atoms with Crippen LogP contribution in [-0.2, 0) is 4.74 Å². The molecule has 144 valence electrons. The maximum atomic E-state index is 13.0. The first-order chi connectivity index (χ1) is 12.7. The maximum Gasteiger partial charge on any atom is 0.276 e. The number of carbonyl (C=O) groups excluding carboxylic acids is 1. The van der Waals surface area contributed by atoms with Crippen molar-refractivity contribution >= 4 is 5.91 Å². The lowest BCUT2D eigenvalue weighted by atomic mass is 9.60. The molecule has 1 spiro atoms. The average molecular weight is 361 g/mol. The highest BCUT2D eigenvalue weighted by Gasteiger charge is 2.59. The van der Waals surface area contributed by atoms with Gasteiger partial charge in [-0.25, -0.2) is 4.68 Å². The van der Waals surface area contributed by atoms with E-state index in [1.165, 1.54) is 25.7 Å². The van der Waals surface area contributed by atoms with E-state index >= 15 is 0 Å². The predicted molar refractivity (Wildman–Crippen MR) is 98.0 cm³/mol. The van der Waals surface area contributed by atoms with Gasteiger partial charge in [0.1, 0.15) is 0 Å². The smallest absolute Gasteiger partial charge is 0.276 e. The van der Waals surface area contributed by atoms with Crippen LogP contribution in [0.2, 0.25) is 0 Å². The van der Waals surface area contributed by atoms with Crippen molar-refractivity contribution in [3.63, 3.8) is 0 Å². The van der Waals surface area contributed by atoms with Gasteiger partial charge in [-0.1, -0.05) is 18.1 Å². The summed E-state index contributed by atoms with van der Waals surface area (Å²) in [7, 11) is 1.93. The van der Waals surface area contributed by atoms with Gasteiger partial charge in [0.25, 0.3) is 5.91 Å². The van der Waals surface area contributed by atoms with E-state index in [-0.39, 0.29) is 17.4 Å². The van der Waals surface area contributed by atoms with Gasteiger partial charge in [-0.15, -0.1) is 5.10 Å². The average Bonchev–Trinajstić information content (AvgIpc) is 3.35. The number of nitrogens with one attached hydrogen (secondary N) is 1. The van der Waals surface area contributed by atoms with E-state index in [4.69, 9.17) is 4.74 Å². The van der Waals surface area contributed by atoms with Crippen molar-refractivity contribution in [2.24, 2.45) is 5.41 Å². The van der Waals surface area contributed by atoms with Crippen molar-refractivity contribution in [3.05, 3.63) is 11.9 Å². The fourth-order valence-electron chi connectivity index (χ4n) is 5.34. The van der Waals surface area contributed by atoms with Gasteiger partial charge in [0.15, 0.2) is 5.69 Å². The van der Waals surface area contributed by atoms with Gasteiger partial charge in [0.05, 0.1) is 18.3 Å². The zero-order valence-corrected chi connectivity index (χ0v) is 16.0. The van der Waals surface area contributed by atoms with Gasteiger partial charge in [-0.2, -0.15) is 0 Å². The Bertz CT molecular complexity index is 634. The van der Waals surface area contributed by atoms with Crippen LogP contribution in [0.5, 0.6) is 0 Å². The van der Waals surface area contributed by atoms with Crippen LogP contribution in [0.25, 0.3) is 0 Å². The molecule has 3 aliphatic rings. The first kappa shape index (κ1) is 17.9. The minimum Gasteiger partial charge on any atom is -0.378 e. The van der Waals surface area contributed by atoms with Crippen LogP contribution < -0.4 is 5.32 Å². The molecule has 1 saturated heterocycles. The lowest BCUT2D eigenvalue weighted by molar-refractivity contribution is -0.152. The zero-order chi connectivity index (χ0) is 18.1. The van der Waals surface area contributed by atoms with E-state index in [1.807, 2.05) is 22.8 Å². The molecule has 1 aliphatic heterocycles. The third-order valence-corrected chi connectivity index (χ3v) is 6.84. The van der Waals surface area contributed by atoms with Crippen molar-refractivity contribution in [2.75, 3.05) is 26.7 Å². The van der Waals surface area contributed by atoms with Gasteiger partial charge in [0, 0.05) is 25.1 Å². The predicted octanol–water partition coefficient (Wildman–Crippen LogP) is 2.01. The minimum absolute atomic E-state index is 0.00333. The van der Waals surface area contributed by atoms with Crippen molar-refractivity contribution in [1.82, 2.24) is 25.2 Å². The highest BCUT2D eigenvalue weighted by Crippen LogP contribution is 2.56. The number of hydrogen-bond acceptors (Lipinski definition) is 5. The molecule has 2 aliphatic carbocycles. The fourth-order valence-corrected chi connectivity index (χ4v) is 5.34. The molecule has 0 radical (unpaired) electrons. The summed E-state index contributed by atoms with van der Waals surface area (Å²) in [4.78, 5) is 15.0. The molecular weight excluding hydrogens is 330 g/mol. The van der Waals surface area contributed by atoms with E-state index in [9.17, 15) is 4.79 Å². The number of aromatic nitrogens is 3. The molecule has 7 heteroatoms. The minimum atomic E-state index is -0.00333. The Morgan fingerprint density at radius 3 is 2.81 bits per heavy atom. The molecule has 0 aromatic carbocycles. The van der Waals surface area contributed by atoms with Gasteiger partial charge < -0.3 is 15.0 Å². The Balaban J connectivity index is 1.45. The van der Waals surface area contributed by atoms with Crippen LogP contribution in [0, 0.1) is 5.41 Å². The van der Waals surface area contributed by atoms with Gasteiger partial charge >= 0.3 is 0 Å². The summed E-state index contributed by atoms with van der Waals surface area (Å²) in [5.41, 5.74) is 0.630. The highest BCUT2D eigenvalue weighted by atomic mass is 16.5. The van der Waals surface area contributed by atoms with E-state index in [0.29, 0.717) is 17.8 Å². The van der Waals surface area contributed by atoms with E-state index in [1.54, 1.807) is 0 Å². The lowest BCUT2D eigenvalue weighted by Gasteiger charge is -2.56. The molecule has 1 amide bonds. The SMILES string of the molecule is CCOC1CC(N(C)C(=O)c2cn(C3CCNCC3)nn2)C12CCCC2. The fraction of sp³-hybridized carbons (Fsp3) is 0.842. The molecule has 3 fully saturated rings. The summed E-state index contributed by atoms with van der Waals surface area (Å²) < 4.78 is 7.87. The molecule has 1 aromatic heterocycles.